The van der Waals surface area contributed by atoms with Gasteiger partial charge in [-0.05, 0) is 37.5 Å². The van der Waals surface area contributed by atoms with Gasteiger partial charge in [0.05, 0.1) is 6.26 Å². The van der Waals surface area contributed by atoms with Crippen molar-refractivity contribution in [2.75, 3.05) is 26.4 Å². The smallest absolute Gasteiger partial charge is 0.213 e. The number of nitrogens with zero attached hydrogens (tertiary/aromatic N) is 2. The Kier molecular flexibility index (Phi) is 5.34. The standard InChI is InChI=1S/C14H20F2N2O4S2/c1-10-8-13(16)14(9-12(10)15)24(21,22)18-6-4-11(5-7-18)17(2)23(3,19)20/h8-9,11H,4-7H2,1-3H3. The minimum atomic E-state index is -4.17. The zero-order chi connectivity index (χ0) is 18.3. The highest BCUT2D eigenvalue weighted by Crippen LogP contribution is 2.26. The average Bonchev–Trinajstić information content (AvgIpc) is 2.49. The number of halogens is 2. The lowest BCUT2D eigenvalue weighted by Gasteiger charge is -2.35. The molecule has 1 fully saturated rings. The van der Waals surface area contributed by atoms with Crippen LogP contribution in [0.2, 0.25) is 0 Å². The summed E-state index contributed by atoms with van der Waals surface area (Å²) in [6.45, 7) is 1.44. The van der Waals surface area contributed by atoms with Crippen LogP contribution in [0, 0.1) is 18.6 Å². The molecule has 0 spiro atoms. The SMILES string of the molecule is Cc1cc(F)c(S(=O)(=O)N2CCC(N(C)S(C)(=O)=O)CC2)cc1F. The molecular formula is C14H20F2N2O4S2. The summed E-state index contributed by atoms with van der Waals surface area (Å²) in [5.41, 5.74) is 0.0277. The number of hydrogen-bond donors (Lipinski definition) is 0. The van der Waals surface area contributed by atoms with E-state index in [1.807, 2.05) is 0 Å². The number of benzene rings is 1. The summed E-state index contributed by atoms with van der Waals surface area (Å²) in [5, 5.41) is 0. The topological polar surface area (TPSA) is 74.8 Å². The van der Waals surface area contributed by atoms with Crippen LogP contribution in [-0.4, -0.2) is 57.9 Å². The molecule has 6 nitrogen and oxygen atoms in total. The zero-order valence-corrected chi connectivity index (χ0v) is 15.3. The number of piperidine rings is 1. The van der Waals surface area contributed by atoms with Crippen LogP contribution in [-0.2, 0) is 20.0 Å². The van der Waals surface area contributed by atoms with Gasteiger partial charge in [-0.2, -0.15) is 4.31 Å². The van der Waals surface area contributed by atoms with Gasteiger partial charge in [-0.3, -0.25) is 0 Å². The van der Waals surface area contributed by atoms with Crippen molar-refractivity contribution in [3.8, 4) is 0 Å². The molecule has 24 heavy (non-hydrogen) atoms. The fourth-order valence-corrected chi connectivity index (χ4v) is 4.96. The Morgan fingerprint density at radius 2 is 1.62 bits per heavy atom. The summed E-state index contributed by atoms with van der Waals surface area (Å²) >= 11 is 0. The molecule has 1 heterocycles. The van der Waals surface area contributed by atoms with Crippen molar-refractivity contribution in [2.45, 2.75) is 30.7 Å². The highest BCUT2D eigenvalue weighted by atomic mass is 32.2. The lowest BCUT2D eigenvalue weighted by Crippen LogP contribution is -2.47. The number of rotatable bonds is 4. The Hall–Kier alpha value is -1.10. The van der Waals surface area contributed by atoms with Crippen LogP contribution in [0.5, 0.6) is 0 Å². The van der Waals surface area contributed by atoms with E-state index < -0.39 is 36.6 Å². The largest absolute Gasteiger partial charge is 0.246 e. The van der Waals surface area contributed by atoms with E-state index in [4.69, 9.17) is 0 Å². The minimum absolute atomic E-state index is 0.0277. The van der Waals surface area contributed by atoms with E-state index in [1.165, 1.54) is 18.3 Å². The highest BCUT2D eigenvalue weighted by molar-refractivity contribution is 7.89. The molecule has 1 saturated heterocycles. The average molecular weight is 382 g/mol. The molecule has 0 N–H and O–H groups in total. The summed E-state index contributed by atoms with van der Waals surface area (Å²) in [7, 11) is -6.09. The van der Waals surface area contributed by atoms with Gasteiger partial charge < -0.3 is 0 Å². The maximum atomic E-state index is 14.0. The second-order valence-corrected chi connectivity index (χ2v) is 9.89. The van der Waals surface area contributed by atoms with Crippen LogP contribution in [0.1, 0.15) is 18.4 Å². The van der Waals surface area contributed by atoms with Gasteiger partial charge in [-0.1, -0.05) is 0 Å². The van der Waals surface area contributed by atoms with E-state index in [2.05, 4.69) is 0 Å². The molecule has 1 aliphatic heterocycles. The van der Waals surface area contributed by atoms with E-state index in [1.54, 1.807) is 0 Å². The summed E-state index contributed by atoms with van der Waals surface area (Å²) in [4.78, 5) is -0.694. The lowest BCUT2D eigenvalue weighted by molar-refractivity contribution is 0.238. The molecule has 0 saturated carbocycles. The summed E-state index contributed by atoms with van der Waals surface area (Å²) in [5.74, 6) is -1.79. The third kappa shape index (κ3) is 3.76. The van der Waals surface area contributed by atoms with Gasteiger partial charge in [0.2, 0.25) is 20.0 Å². The fourth-order valence-electron chi connectivity index (χ4n) is 2.68. The first-order valence-corrected chi connectivity index (χ1v) is 10.6. The Bertz CT molecular complexity index is 833. The number of hydrogen-bond acceptors (Lipinski definition) is 4. The summed E-state index contributed by atoms with van der Waals surface area (Å²) in [6.07, 6.45) is 1.66. The van der Waals surface area contributed by atoms with Gasteiger partial charge in [-0.25, -0.2) is 29.9 Å². The van der Waals surface area contributed by atoms with E-state index in [0.717, 1.165) is 16.6 Å². The van der Waals surface area contributed by atoms with Gasteiger partial charge in [-0.15, -0.1) is 0 Å². The molecule has 0 atom stereocenters. The fraction of sp³-hybridized carbons (Fsp3) is 0.571. The highest BCUT2D eigenvalue weighted by Gasteiger charge is 2.34. The van der Waals surface area contributed by atoms with Gasteiger partial charge in [0, 0.05) is 26.2 Å². The van der Waals surface area contributed by atoms with Crippen LogP contribution in [0.4, 0.5) is 8.78 Å². The normalized spacial score (nSPS) is 18.2. The van der Waals surface area contributed by atoms with Crippen LogP contribution >= 0.6 is 0 Å². The molecule has 0 bridgehead atoms. The Morgan fingerprint density at radius 3 is 2.12 bits per heavy atom. The molecule has 10 heteroatoms. The first-order valence-electron chi connectivity index (χ1n) is 7.33. The predicted octanol–water partition coefficient (Wildman–Crippen LogP) is 1.32. The van der Waals surface area contributed by atoms with Crippen LogP contribution < -0.4 is 0 Å². The third-order valence-electron chi connectivity index (χ3n) is 4.29. The molecule has 1 aliphatic rings. The van der Waals surface area contributed by atoms with Gasteiger partial charge >= 0.3 is 0 Å². The Labute approximate surface area is 141 Å². The molecule has 0 radical (unpaired) electrons. The van der Waals surface area contributed by atoms with Gasteiger partial charge in [0.25, 0.3) is 0 Å². The zero-order valence-electron chi connectivity index (χ0n) is 13.7. The third-order valence-corrected chi connectivity index (χ3v) is 7.55. The second kappa shape index (κ2) is 6.66. The van der Waals surface area contributed by atoms with E-state index >= 15 is 0 Å². The van der Waals surface area contributed by atoms with Crippen molar-refractivity contribution < 1.29 is 25.6 Å². The molecule has 0 aliphatic carbocycles. The van der Waals surface area contributed by atoms with Crippen molar-refractivity contribution >= 4 is 20.0 Å². The Morgan fingerprint density at radius 1 is 1.08 bits per heavy atom. The molecule has 136 valence electrons. The molecule has 0 unspecified atom stereocenters. The molecule has 2 rings (SSSR count). The minimum Gasteiger partial charge on any atom is -0.213 e. The lowest BCUT2D eigenvalue weighted by atomic mass is 10.1. The van der Waals surface area contributed by atoms with Crippen LogP contribution in [0.3, 0.4) is 0 Å². The first kappa shape index (κ1) is 19.2. The maximum absolute atomic E-state index is 14.0. The second-order valence-electron chi connectivity index (χ2n) is 5.95. The molecular weight excluding hydrogens is 362 g/mol. The van der Waals surface area contributed by atoms with Crippen LogP contribution in [0.15, 0.2) is 17.0 Å². The predicted molar refractivity (Wildman–Crippen MR) is 85.5 cm³/mol. The van der Waals surface area contributed by atoms with Crippen LogP contribution in [0.25, 0.3) is 0 Å². The first-order chi connectivity index (χ1) is 10.9. The van der Waals surface area contributed by atoms with E-state index in [0.29, 0.717) is 18.9 Å². The summed E-state index contributed by atoms with van der Waals surface area (Å²) < 4.78 is 78.0. The quantitative estimate of drug-likeness (QED) is 0.787. The van der Waals surface area contributed by atoms with Crippen molar-refractivity contribution in [3.63, 3.8) is 0 Å². The van der Waals surface area contributed by atoms with Crippen molar-refractivity contribution in [3.05, 3.63) is 29.3 Å². The molecule has 0 aromatic heterocycles. The van der Waals surface area contributed by atoms with Crippen molar-refractivity contribution in [1.29, 1.82) is 0 Å². The van der Waals surface area contributed by atoms with Crippen molar-refractivity contribution in [1.82, 2.24) is 8.61 Å². The summed E-state index contributed by atoms with van der Waals surface area (Å²) in [6, 6.07) is 1.23. The molecule has 1 aromatic rings. The number of sulfonamides is 2. The molecule has 1 aromatic carbocycles. The number of aryl methyl sites for hydroxylation is 1. The Balaban J connectivity index is 2.21. The van der Waals surface area contributed by atoms with E-state index in [9.17, 15) is 25.6 Å². The molecule has 0 amide bonds. The van der Waals surface area contributed by atoms with Gasteiger partial charge in [0.15, 0.2) is 0 Å². The maximum Gasteiger partial charge on any atom is 0.246 e. The van der Waals surface area contributed by atoms with E-state index in [-0.39, 0.29) is 24.7 Å². The van der Waals surface area contributed by atoms with Gasteiger partial charge in [0.1, 0.15) is 16.5 Å². The van der Waals surface area contributed by atoms with Crippen molar-refractivity contribution in [2.24, 2.45) is 0 Å². The monoisotopic (exact) mass is 382 g/mol.